The number of aliphatic hydroxyl groups excluding tert-OH is 1. The molecule has 5 atom stereocenters. The molecule has 0 saturated carbocycles. The van der Waals surface area contributed by atoms with Gasteiger partial charge in [0, 0.05) is 51.1 Å². The zero-order chi connectivity index (χ0) is 24.4. The summed E-state index contributed by atoms with van der Waals surface area (Å²) >= 11 is 1.57. The zero-order valence-electron chi connectivity index (χ0n) is 20.0. The van der Waals surface area contributed by atoms with Gasteiger partial charge < -0.3 is 24.4 Å². The molecule has 35 heavy (non-hydrogen) atoms. The first-order valence-corrected chi connectivity index (χ1v) is 13.6. The van der Waals surface area contributed by atoms with Crippen molar-refractivity contribution in [2.24, 2.45) is 11.8 Å². The molecule has 0 bridgehead atoms. The fourth-order valence-corrected chi connectivity index (χ4v) is 8.08. The van der Waals surface area contributed by atoms with Crippen molar-refractivity contribution in [2.75, 3.05) is 65.7 Å². The van der Waals surface area contributed by atoms with Gasteiger partial charge >= 0.3 is 5.97 Å². The first-order valence-electron chi connectivity index (χ1n) is 12.8. The zero-order valence-corrected chi connectivity index (χ0v) is 20.9. The van der Waals surface area contributed by atoms with Gasteiger partial charge in [-0.1, -0.05) is 24.3 Å². The van der Waals surface area contributed by atoms with Crippen LogP contribution >= 0.6 is 11.8 Å². The minimum absolute atomic E-state index is 0.0390. The van der Waals surface area contributed by atoms with Gasteiger partial charge in [-0.15, -0.1) is 11.8 Å². The average molecular weight is 506 g/mol. The Balaban J connectivity index is 1.45. The van der Waals surface area contributed by atoms with Crippen LogP contribution < -0.4 is 0 Å². The monoisotopic (exact) mass is 505 g/mol. The van der Waals surface area contributed by atoms with E-state index in [0.29, 0.717) is 58.7 Å². The predicted molar refractivity (Wildman–Crippen MR) is 131 cm³/mol. The van der Waals surface area contributed by atoms with Crippen molar-refractivity contribution in [2.45, 2.75) is 35.3 Å². The molecule has 10 heteroatoms. The highest BCUT2D eigenvalue weighted by molar-refractivity contribution is 8.02. The number of nitrogens with zero attached hydrogens (tertiary/aromatic N) is 3. The molecule has 1 spiro atoms. The second-order valence-electron chi connectivity index (χ2n) is 9.83. The van der Waals surface area contributed by atoms with Crippen LogP contribution in [0.15, 0.2) is 24.3 Å². The van der Waals surface area contributed by atoms with Crippen LogP contribution in [0, 0.1) is 11.8 Å². The number of likely N-dealkylation sites (tertiary alicyclic amines) is 1. The fraction of sp³-hybridized carbons (Fsp3) is 0.720. The fourth-order valence-electron chi connectivity index (χ4n) is 6.08. The number of amides is 2. The number of esters is 1. The third kappa shape index (κ3) is 4.54. The van der Waals surface area contributed by atoms with E-state index in [4.69, 9.17) is 9.47 Å². The summed E-state index contributed by atoms with van der Waals surface area (Å²) in [7, 11) is 0. The Bertz CT molecular complexity index is 890. The molecule has 0 aromatic heterocycles. The van der Waals surface area contributed by atoms with Gasteiger partial charge in [0.25, 0.3) is 0 Å². The average Bonchev–Trinajstić information content (AvgIpc) is 3.23. The van der Waals surface area contributed by atoms with Crippen molar-refractivity contribution < 1.29 is 29.0 Å². The van der Waals surface area contributed by atoms with Crippen LogP contribution in [-0.2, 0) is 23.9 Å². The maximum absolute atomic E-state index is 14.1. The number of rotatable bonds is 7. The molecule has 3 saturated heterocycles. The van der Waals surface area contributed by atoms with Crippen LogP contribution in [-0.4, -0.2) is 119 Å². The Morgan fingerprint density at radius 3 is 2.66 bits per heavy atom. The number of fused-ring (bicyclic) bond motifs is 2. The topological polar surface area (TPSA) is 99.6 Å². The van der Waals surface area contributed by atoms with Crippen molar-refractivity contribution in [1.29, 1.82) is 0 Å². The third-order valence-corrected chi connectivity index (χ3v) is 9.55. The number of aliphatic hydroxyl groups is 1. The smallest absolute Gasteiger partial charge is 0.311 e. The molecule has 5 rings (SSSR count). The molecule has 0 aromatic carbocycles. The Morgan fingerprint density at radius 2 is 1.86 bits per heavy atom. The number of morpholine rings is 1. The molecule has 3 fully saturated rings. The standard InChI is InChI=1S/C25H35N3O6S/c29-14-3-2-9-28-21-23(31)27(11-10-26-12-16-33-17-13-26)8-5-7-25(21)20(22(28)30)19-18(35-25)6-1-4-15-34-24(19)32/h1,5-7,18-21,29H,2-4,8-17H2/t18-,19+,20-,21?,25-/m0/s1. The lowest BCUT2D eigenvalue weighted by molar-refractivity contribution is -0.153. The van der Waals surface area contributed by atoms with E-state index in [2.05, 4.69) is 4.90 Å². The minimum atomic E-state index is -0.801. The van der Waals surface area contributed by atoms with Crippen LogP contribution in [0.5, 0.6) is 0 Å². The molecule has 192 valence electrons. The number of cyclic esters (lactones) is 1. The molecule has 0 aromatic rings. The largest absolute Gasteiger partial charge is 0.465 e. The first-order chi connectivity index (χ1) is 17.1. The number of unbranched alkanes of at least 4 members (excludes halogenated alkanes) is 1. The van der Waals surface area contributed by atoms with Crippen LogP contribution in [0.4, 0.5) is 0 Å². The maximum Gasteiger partial charge on any atom is 0.311 e. The summed E-state index contributed by atoms with van der Waals surface area (Å²) in [5.41, 5.74) is 0. The molecule has 5 aliphatic heterocycles. The molecule has 0 aliphatic carbocycles. The summed E-state index contributed by atoms with van der Waals surface area (Å²) in [5.74, 6) is -1.78. The van der Waals surface area contributed by atoms with Gasteiger partial charge in [-0.25, -0.2) is 0 Å². The van der Waals surface area contributed by atoms with E-state index in [1.54, 1.807) is 16.7 Å². The van der Waals surface area contributed by atoms with Gasteiger partial charge in [-0.2, -0.15) is 0 Å². The molecule has 9 nitrogen and oxygen atoms in total. The summed E-state index contributed by atoms with van der Waals surface area (Å²) in [5, 5.41) is 9.10. The van der Waals surface area contributed by atoms with Crippen molar-refractivity contribution in [3.05, 3.63) is 24.3 Å². The van der Waals surface area contributed by atoms with Crippen LogP contribution in [0.25, 0.3) is 0 Å². The number of carbonyl (C=O) groups is 3. The summed E-state index contributed by atoms with van der Waals surface area (Å²) in [6, 6.07) is -0.665. The summed E-state index contributed by atoms with van der Waals surface area (Å²) in [6.45, 7) is 5.69. The quantitative estimate of drug-likeness (QED) is 0.300. The van der Waals surface area contributed by atoms with Crippen LogP contribution in [0.2, 0.25) is 0 Å². The number of hydrogen-bond donors (Lipinski definition) is 1. The lowest BCUT2D eigenvalue weighted by Crippen LogP contribution is -2.54. The van der Waals surface area contributed by atoms with Crippen molar-refractivity contribution in [1.82, 2.24) is 14.7 Å². The minimum Gasteiger partial charge on any atom is -0.465 e. The van der Waals surface area contributed by atoms with Crippen LogP contribution in [0.3, 0.4) is 0 Å². The Morgan fingerprint density at radius 1 is 1.03 bits per heavy atom. The highest BCUT2D eigenvalue weighted by Gasteiger charge is 2.70. The lowest BCUT2D eigenvalue weighted by atomic mass is 9.78. The first kappa shape index (κ1) is 24.8. The molecular formula is C25H35N3O6S. The number of ether oxygens (including phenoxy) is 2. The van der Waals surface area contributed by atoms with Gasteiger partial charge in [0.2, 0.25) is 11.8 Å². The van der Waals surface area contributed by atoms with Gasteiger partial charge in [0.15, 0.2) is 0 Å². The Kier molecular flexibility index (Phi) is 7.52. The summed E-state index contributed by atoms with van der Waals surface area (Å²) in [6.07, 6.45) is 9.92. The van der Waals surface area contributed by atoms with Crippen molar-refractivity contribution in [3.8, 4) is 0 Å². The van der Waals surface area contributed by atoms with E-state index < -0.39 is 22.6 Å². The van der Waals surface area contributed by atoms with E-state index in [9.17, 15) is 19.5 Å². The van der Waals surface area contributed by atoms with E-state index in [0.717, 1.165) is 19.6 Å². The molecule has 5 aliphatic rings. The molecular weight excluding hydrogens is 470 g/mol. The number of carbonyl (C=O) groups excluding carboxylic acids is 3. The summed E-state index contributed by atoms with van der Waals surface area (Å²) in [4.78, 5) is 46.9. The van der Waals surface area contributed by atoms with Gasteiger partial charge in [0.1, 0.15) is 6.04 Å². The molecule has 1 N–H and O–H groups in total. The maximum atomic E-state index is 14.1. The number of thioether (sulfide) groups is 1. The Labute approximate surface area is 210 Å². The lowest BCUT2D eigenvalue weighted by Gasteiger charge is -2.36. The Hall–Kier alpha value is -1.88. The van der Waals surface area contributed by atoms with Gasteiger partial charge in [-0.3, -0.25) is 19.3 Å². The molecule has 0 radical (unpaired) electrons. The van der Waals surface area contributed by atoms with Crippen molar-refractivity contribution in [3.63, 3.8) is 0 Å². The van der Waals surface area contributed by atoms with Gasteiger partial charge in [-0.05, 0) is 19.3 Å². The molecule has 5 heterocycles. The van der Waals surface area contributed by atoms with E-state index >= 15 is 0 Å². The predicted octanol–water partition coefficient (Wildman–Crippen LogP) is 0.290. The van der Waals surface area contributed by atoms with E-state index in [1.165, 1.54) is 0 Å². The number of hydrogen-bond acceptors (Lipinski definition) is 8. The van der Waals surface area contributed by atoms with Crippen LogP contribution in [0.1, 0.15) is 19.3 Å². The highest BCUT2D eigenvalue weighted by atomic mass is 32.2. The van der Waals surface area contributed by atoms with Gasteiger partial charge in [0.05, 0.1) is 36.4 Å². The molecule has 1 unspecified atom stereocenters. The normalized spacial score (nSPS) is 35.3. The summed E-state index contributed by atoms with van der Waals surface area (Å²) < 4.78 is 10.1. The highest BCUT2D eigenvalue weighted by Crippen LogP contribution is 2.60. The molecule has 2 amide bonds. The van der Waals surface area contributed by atoms with E-state index in [-0.39, 0.29) is 29.6 Å². The van der Waals surface area contributed by atoms with Crippen molar-refractivity contribution >= 4 is 29.5 Å². The SMILES string of the molecule is O=C1OCCC=C[C@@H]2S[C@]34C=CCN(CCN5CCOCC5)C(=O)C3N(CCCCO)C(=O)[C@@H]4[C@H]12. The van der Waals surface area contributed by atoms with E-state index in [1.807, 2.05) is 29.2 Å². The third-order valence-electron chi connectivity index (χ3n) is 7.80. The second kappa shape index (κ2) is 10.6. The second-order valence-corrected chi connectivity index (χ2v) is 11.3.